The van der Waals surface area contributed by atoms with E-state index in [2.05, 4.69) is 16.4 Å². The number of carboxylic acid groups (broad SMARTS) is 1. The molecule has 1 fully saturated rings. The van der Waals surface area contributed by atoms with Crippen LogP contribution in [0.4, 0.5) is 0 Å². The molecule has 2 N–H and O–H groups in total. The van der Waals surface area contributed by atoms with Crippen molar-refractivity contribution in [3.8, 4) is 6.07 Å². The predicted molar refractivity (Wildman–Crippen MR) is 73.7 cm³/mol. The van der Waals surface area contributed by atoms with Gasteiger partial charge in [0.1, 0.15) is 11.8 Å². The zero-order valence-corrected chi connectivity index (χ0v) is 11.4. The highest BCUT2D eigenvalue weighted by Gasteiger charge is 2.30. The van der Waals surface area contributed by atoms with E-state index in [1.54, 1.807) is 12.3 Å². The summed E-state index contributed by atoms with van der Waals surface area (Å²) in [6, 6.07) is 5.74. The molecule has 1 saturated carbocycles. The van der Waals surface area contributed by atoms with Gasteiger partial charge in [0, 0.05) is 18.3 Å². The van der Waals surface area contributed by atoms with E-state index >= 15 is 0 Å². The van der Waals surface area contributed by atoms with Crippen LogP contribution in [0, 0.1) is 23.2 Å². The molecule has 20 heavy (non-hydrogen) atoms. The van der Waals surface area contributed by atoms with Crippen molar-refractivity contribution < 1.29 is 9.90 Å². The van der Waals surface area contributed by atoms with Crippen LogP contribution in [0.1, 0.15) is 36.9 Å². The van der Waals surface area contributed by atoms with Gasteiger partial charge in [-0.3, -0.25) is 4.79 Å². The van der Waals surface area contributed by atoms with Gasteiger partial charge in [-0.1, -0.05) is 18.9 Å². The van der Waals surface area contributed by atoms with E-state index in [0.717, 1.165) is 31.2 Å². The van der Waals surface area contributed by atoms with Crippen LogP contribution >= 0.6 is 0 Å². The maximum absolute atomic E-state index is 11.2. The van der Waals surface area contributed by atoms with Gasteiger partial charge < -0.3 is 10.4 Å². The summed E-state index contributed by atoms with van der Waals surface area (Å²) >= 11 is 0. The van der Waals surface area contributed by atoms with Gasteiger partial charge in [0.25, 0.3) is 0 Å². The Morgan fingerprint density at radius 2 is 2.30 bits per heavy atom. The molecule has 1 aromatic heterocycles. The van der Waals surface area contributed by atoms with Crippen LogP contribution in [-0.2, 0) is 11.3 Å². The normalized spacial score (nSPS) is 22.1. The summed E-state index contributed by atoms with van der Waals surface area (Å²) in [5.74, 6) is -0.736. The Hall–Kier alpha value is -1.93. The van der Waals surface area contributed by atoms with Gasteiger partial charge in [-0.25, -0.2) is 4.98 Å². The van der Waals surface area contributed by atoms with Gasteiger partial charge in [-0.05, 0) is 31.4 Å². The number of aliphatic carboxylic acids is 1. The van der Waals surface area contributed by atoms with Crippen molar-refractivity contribution in [3.05, 3.63) is 29.6 Å². The van der Waals surface area contributed by atoms with E-state index in [1.807, 2.05) is 6.07 Å². The Kier molecular flexibility index (Phi) is 5.08. The van der Waals surface area contributed by atoms with Gasteiger partial charge >= 0.3 is 5.97 Å². The molecule has 2 rings (SSSR count). The summed E-state index contributed by atoms with van der Waals surface area (Å²) in [6.45, 7) is 1.23. The standard InChI is InChI=1S/C15H19N3O2/c16-8-14-12(5-3-7-18-14)10-17-9-11-4-1-2-6-13(11)15(19)20/h3,5,7,11,13,17H,1-2,4,6,9-10H2,(H,19,20). The first kappa shape index (κ1) is 14.5. The molecule has 0 spiro atoms. The number of nitrogens with zero attached hydrogens (tertiary/aromatic N) is 2. The lowest BCUT2D eigenvalue weighted by Gasteiger charge is -2.28. The fraction of sp³-hybridized carbons (Fsp3) is 0.533. The van der Waals surface area contributed by atoms with Crippen LogP contribution in [-0.4, -0.2) is 22.6 Å². The van der Waals surface area contributed by atoms with E-state index in [9.17, 15) is 9.90 Å². The minimum absolute atomic E-state index is 0.184. The molecule has 0 saturated heterocycles. The number of aromatic nitrogens is 1. The van der Waals surface area contributed by atoms with Gasteiger partial charge in [0.15, 0.2) is 0 Å². The molecular formula is C15H19N3O2. The van der Waals surface area contributed by atoms with Crippen LogP contribution < -0.4 is 5.32 Å². The maximum Gasteiger partial charge on any atom is 0.306 e. The summed E-state index contributed by atoms with van der Waals surface area (Å²) in [4.78, 5) is 15.2. The fourth-order valence-electron chi connectivity index (χ4n) is 2.85. The molecule has 106 valence electrons. The third-order valence-corrected chi connectivity index (χ3v) is 3.95. The second-order valence-corrected chi connectivity index (χ2v) is 5.24. The molecule has 0 amide bonds. The number of hydrogen-bond acceptors (Lipinski definition) is 4. The Labute approximate surface area is 118 Å². The molecule has 1 heterocycles. The van der Waals surface area contributed by atoms with E-state index in [4.69, 9.17) is 5.26 Å². The molecule has 5 nitrogen and oxygen atoms in total. The van der Waals surface area contributed by atoms with Crippen molar-refractivity contribution in [1.82, 2.24) is 10.3 Å². The first-order chi connectivity index (χ1) is 9.72. The molecule has 0 aliphatic heterocycles. The third-order valence-electron chi connectivity index (χ3n) is 3.95. The summed E-state index contributed by atoms with van der Waals surface area (Å²) in [6.07, 6.45) is 5.45. The topological polar surface area (TPSA) is 86.0 Å². The van der Waals surface area contributed by atoms with E-state index < -0.39 is 5.97 Å². The zero-order valence-electron chi connectivity index (χ0n) is 11.4. The van der Waals surface area contributed by atoms with Gasteiger partial charge in [-0.2, -0.15) is 5.26 Å². The number of carboxylic acids is 1. The molecule has 2 unspecified atom stereocenters. The Bertz CT molecular complexity index is 510. The zero-order chi connectivity index (χ0) is 14.4. The van der Waals surface area contributed by atoms with Crippen LogP contribution in [0.5, 0.6) is 0 Å². The average Bonchev–Trinajstić information content (AvgIpc) is 2.48. The van der Waals surface area contributed by atoms with E-state index in [0.29, 0.717) is 18.8 Å². The first-order valence-corrected chi connectivity index (χ1v) is 7.00. The number of carbonyl (C=O) groups is 1. The summed E-state index contributed by atoms with van der Waals surface area (Å²) < 4.78 is 0. The minimum Gasteiger partial charge on any atom is -0.481 e. The number of rotatable bonds is 5. The molecule has 5 heteroatoms. The van der Waals surface area contributed by atoms with Gasteiger partial charge in [0.2, 0.25) is 0 Å². The number of hydrogen-bond donors (Lipinski definition) is 2. The summed E-state index contributed by atoms with van der Waals surface area (Å²) in [7, 11) is 0. The largest absolute Gasteiger partial charge is 0.481 e. The predicted octanol–water partition coefficient (Wildman–Crippen LogP) is 1.93. The van der Waals surface area contributed by atoms with Crippen molar-refractivity contribution in [2.45, 2.75) is 32.2 Å². The van der Waals surface area contributed by atoms with E-state index in [1.165, 1.54) is 0 Å². The number of pyridine rings is 1. The van der Waals surface area contributed by atoms with Crippen molar-refractivity contribution >= 4 is 5.97 Å². The van der Waals surface area contributed by atoms with Crippen molar-refractivity contribution in [3.63, 3.8) is 0 Å². The van der Waals surface area contributed by atoms with Gasteiger partial charge in [0.05, 0.1) is 5.92 Å². The summed E-state index contributed by atoms with van der Waals surface area (Å²) in [5, 5.41) is 21.5. The molecule has 0 aromatic carbocycles. The van der Waals surface area contributed by atoms with Crippen LogP contribution in [0.15, 0.2) is 18.3 Å². The molecule has 0 radical (unpaired) electrons. The van der Waals surface area contributed by atoms with Gasteiger partial charge in [-0.15, -0.1) is 0 Å². The van der Waals surface area contributed by atoms with Crippen LogP contribution in [0.3, 0.4) is 0 Å². The smallest absolute Gasteiger partial charge is 0.306 e. The second kappa shape index (κ2) is 7.01. The SMILES string of the molecule is N#Cc1ncccc1CNCC1CCCCC1C(=O)O. The fourth-order valence-corrected chi connectivity index (χ4v) is 2.85. The third kappa shape index (κ3) is 3.55. The van der Waals surface area contributed by atoms with E-state index in [-0.39, 0.29) is 11.8 Å². The second-order valence-electron chi connectivity index (χ2n) is 5.24. The number of nitriles is 1. The first-order valence-electron chi connectivity index (χ1n) is 7.00. The Balaban J connectivity index is 1.89. The molecule has 1 aliphatic carbocycles. The highest BCUT2D eigenvalue weighted by atomic mass is 16.4. The summed E-state index contributed by atoms with van der Waals surface area (Å²) in [5.41, 5.74) is 1.29. The molecular weight excluding hydrogens is 254 g/mol. The van der Waals surface area contributed by atoms with Crippen LogP contribution in [0.25, 0.3) is 0 Å². The Morgan fingerprint density at radius 3 is 3.05 bits per heavy atom. The molecule has 0 bridgehead atoms. The lowest BCUT2D eigenvalue weighted by Crippen LogP contribution is -2.34. The minimum atomic E-state index is -0.685. The quantitative estimate of drug-likeness (QED) is 0.856. The highest BCUT2D eigenvalue weighted by molar-refractivity contribution is 5.70. The molecule has 1 aliphatic rings. The molecule has 1 aromatic rings. The lowest BCUT2D eigenvalue weighted by atomic mass is 9.79. The average molecular weight is 273 g/mol. The highest BCUT2D eigenvalue weighted by Crippen LogP contribution is 2.29. The Morgan fingerprint density at radius 1 is 1.50 bits per heavy atom. The lowest BCUT2D eigenvalue weighted by molar-refractivity contribution is -0.144. The van der Waals surface area contributed by atoms with Crippen LogP contribution in [0.2, 0.25) is 0 Å². The van der Waals surface area contributed by atoms with Crippen molar-refractivity contribution in [2.24, 2.45) is 11.8 Å². The monoisotopic (exact) mass is 273 g/mol. The molecule has 2 atom stereocenters. The van der Waals surface area contributed by atoms with Crippen molar-refractivity contribution in [1.29, 1.82) is 5.26 Å². The van der Waals surface area contributed by atoms with Crippen molar-refractivity contribution in [2.75, 3.05) is 6.54 Å². The number of nitrogens with one attached hydrogen (secondary N) is 1. The maximum atomic E-state index is 11.2.